The Hall–Kier alpha value is -3.79. The molecule has 0 radical (unpaired) electrons. The third-order valence-corrected chi connectivity index (χ3v) is 10.0. The largest absolute Gasteiger partial charge is 0.495 e. The molecule has 1 saturated heterocycles. The van der Waals surface area contributed by atoms with Gasteiger partial charge in [-0.1, -0.05) is 11.3 Å². The molecule has 1 aromatic heterocycles. The van der Waals surface area contributed by atoms with Crippen molar-refractivity contribution in [3.05, 3.63) is 42.0 Å². The summed E-state index contributed by atoms with van der Waals surface area (Å²) in [6, 6.07) is 13.2. The minimum Gasteiger partial charge on any atom is -0.495 e. The summed E-state index contributed by atoms with van der Waals surface area (Å²) in [6.45, 7) is 4.14. The van der Waals surface area contributed by atoms with Gasteiger partial charge in [-0.3, -0.25) is 14.6 Å². The number of anilines is 1. The van der Waals surface area contributed by atoms with E-state index in [9.17, 15) is 13.2 Å². The maximum atomic E-state index is 14.0. The molecule has 12 nitrogen and oxygen atoms in total. The van der Waals surface area contributed by atoms with E-state index in [1.807, 2.05) is 12.1 Å². The third kappa shape index (κ3) is 7.60. The first-order chi connectivity index (χ1) is 20.8. The molecule has 0 aliphatic carbocycles. The zero-order chi connectivity index (χ0) is 30.8. The summed E-state index contributed by atoms with van der Waals surface area (Å²) >= 11 is 1.32. The van der Waals surface area contributed by atoms with E-state index >= 15 is 0 Å². The first-order valence-electron chi connectivity index (χ1n) is 13.8. The number of hydrogen-bond acceptors (Lipinski definition) is 11. The summed E-state index contributed by atoms with van der Waals surface area (Å²) in [7, 11) is -0.836. The highest BCUT2D eigenvalue weighted by atomic mass is 32.2. The Morgan fingerprint density at radius 2 is 1.63 bits per heavy atom. The Bertz CT molecular complexity index is 1530. The number of nitrogens with zero attached hydrogens (tertiary/aromatic N) is 6. The standard InChI is InChI=1S/C29H34N6O6S2/c1-39-24-10-11-25(40-2)27-26(24)32-29(42-27)35(17-5-14-33-18-20-41-21-19-33)28(36)22-6-8-23(9-7-22)43(37,38)34(15-3-12-30)16-4-13-31/h6-11H,3-5,14-21H2,1-2H3. The molecular weight excluding hydrogens is 592 g/mol. The van der Waals surface area contributed by atoms with Crippen LogP contribution in [-0.2, 0) is 14.8 Å². The van der Waals surface area contributed by atoms with Crippen LogP contribution in [0.2, 0.25) is 0 Å². The molecule has 2 heterocycles. The van der Waals surface area contributed by atoms with Gasteiger partial charge in [-0.2, -0.15) is 14.8 Å². The number of carbonyl (C=O) groups is 1. The fourth-order valence-electron chi connectivity index (χ4n) is 4.73. The van der Waals surface area contributed by atoms with E-state index in [-0.39, 0.29) is 36.7 Å². The van der Waals surface area contributed by atoms with Crippen LogP contribution in [0, 0.1) is 22.7 Å². The first kappa shape index (κ1) is 32.1. The number of nitriles is 2. The number of sulfonamides is 1. The minimum absolute atomic E-state index is 0.00161. The van der Waals surface area contributed by atoms with Crippen molar-refractivity contribution in [2.45, 2.75) is 24.2 Å². The normalized spacial score (nSPS) is 13.9. The fourth-order valence-corrected chi connectivity index (χ4v) is 7.27. The molecule has 2 aromatic carbocycles. The molecule has 1 amide bonds. The van der Waals surface area contributed by atoms with E-state index in [0.717, 1.165) is 28.6 Å². The molecule has 0 saturated carbocycles. The lowest BCUT2D eigenvalue weighted by Crippen LogP contribution is -2.39. The molecule has 3 aromatic rings. The van der Waals surface area contributed by atoms with E-state index in [0.29, 0.717) is 53.9 Å². The Morgan fingerprint density at radius 3 is 2.23 bits per heavy atom. The minimum atomic E-state index is -3.97. The maximum absolute atomic E-state index is 14.0. The van der Waals surface area contributed by atoms with Gasteiger partial charge in [0.25, 0.3) is 5.91 Å². The van der Waals surface area contributed by atoms with Crippen molar-refractivity contribution in [1.29, 1.82) is 10.5 Å². The van der Waals surface area contributed by atoms with Gasteiger partial charge in [0.05, 0.1) is 44.5 Å². The van der Waals surface area contributed by atoms with Crippen LogP contribution in [-0.4, -0.2) is 95.2 Å². The third-order valence-electron chi connectivity index (χ3n) is 7.02. The number of aromatic nitrogens is 1. The number of carbonyl (C=O) groups excluding carboxylic acids is 1. The summed E-state index contributed by atoms with van der Waals surface area (Å²) in [6.07, 6.45) is 0.686. The second kappa shape index (κ2) is 15.1. The highest BCUT2D eigenvalue weighted by molar-refractivity contribution is 7.89. The second-order valence-electron chi connectivity index (χ2n) is 9.65. The zero-order valence-electron chi connectivity index (χ0n) is 24.2. The Balaban J connectivity index is 1.63. The van der Waals surface area contributed by atoms with Gasteiger partial charge in [0, 0.05) is 57.7 Å². The number of amides is 1. The number of benzene rings is 2. The molecule has 0 N–H and O–H groups in total. The van der Waals surface area contributed by atoms with Crippen molar-refractivity contribution in [1.82, 2.24) is 14.2 Å². The van der Waals surface area contributed by atoms with E-state index in [1.165, 1.54) is 35.6 Å². The van der Waals surface area contributed by atoms with Crippen LogP contribution in [0.5, 0.6) is 11.5 Å². The molecule has 0 atom stereocenters. The fraction of sp³-hybridized carbons (Fsp3) is 0.448. The molecule has 14 heteroatoms. The van der Waals surface area contributed by atoms with Gasteiger partial charge in [-0.25, -0.2) is 13.4 Å². The summed E-state index contributed by atoms with van der Waals surface area (Å²) in [5.41, 5.74) is 0.883. The van der Waals surface area contributed by atoms with Crippen molar-refractivity contribution >= 4 is 42.6 Å². The van der Waals surface area contributed by atoms with Crippen molar-refractivity contribution in [3.8, 4) is 23.6 Å². The number of ether oxygens (including phenoxy) is 3. The van der Waals surface area contributed by atoms with Crippen molar-refractivity contribution in [2.75, 3.05) is 71.6 Å². The van der Waals surface area contributed by atoms with Crippen molar-refractivity contribution in [2.24, 2.45) is 0 Å². The lowest BCUT2D eigenvalue weighted by molar-refractivity contribution is 0.0376. The van der Waals surface area contributed by atoms with E-state index in [1.54, 1.807) is 31.3 Å². The van der Waals surface area contributed by atoms with Gasteiger partial charge in [0.15, 0.2) is 5.13 Å². The van der Waals surface area contributed by atoms with Crippen LogP contribution >= 0.6 is 11.3 Å². The smallest absolute Gasteiger partial charge is 0.260 e. The number of methoxy groups -OCH3 is 2. The zero-order valence-corrected chi connectivity index (χ0v) is 25.8. The van der Waals surface area contributed by atoms with E-state index < -0.39 is 10.0 Å². The number of morpholine rings is 1. The van der Waals surface area contributed by atoms with E-state index in [4.69, 9.17) is 29.7 Å². The van der Waals surface area contributed by atoms with Crippen LogP contribution in [0.15, 0.2) is 41.3 Å². The predicted molar refractivity (Wildman–Crippen MR) is 162 cm³/mol. The summed E-state index contributed by atoms with van der Waals surface area (Å²) in [5.74, 6) is 0.854. The number of thiazole rings is 1. The predicted octanol–water partition coefficient (Wildman–Crippen LogP) is 3.50. The van der Waals surface area contributed by atoms with Crippen molar-refractivity contribution < 1.29 is 27.4 Å². The molecule has 43 heavy (non-hydrogen) atoms. The summed E-state index contributed by atoms with van der Waals surface area (Å²) in [4.78, 5) is 22.6. The van der Waals surface area contributed by atoms with Gasteiger partial charge < -0.3 is 14.2 Å². The molecule has 4 rings (SSSR count). The van der Waals surface area contributed by atoms with Crippen LogP contribution in [0.3, 0.4) is 0 Å². The highest BCUT2D eigenvalue weighted by Crippen LogP contribution is 2.40. The molecule has 1 aliphatic rings. The lowest BCUT2D eigenvalue weighted by Gasteiger charge is -2.27. The SMILES string of the molecule is COc1ccc(OC)c2sc(N(CCCN3CCOCC3)C(=O)c3ccc(S(=O)(=O)N(CCC#N)CCC#N)cc3)nc12. The van der Waals surface area contributed by atoms with Gasteiger partial charge in [0.1, 0.15) is 21.7 Å². The average Bonchev–Trinajstić information content (AvgIpc) is 3.48. The second-order valence-corrected chi connectivity index (χ2v) is 12.6. The monoisotopic (exact) mass is 626 g/mol. The van der Waals surface area contributed by atoms with Gasteiger partial charge in [-0.15, -0.1) is 0 Å². The number of hydrogen-bond donors (Lipinski definition) is 0. The van der Waals surface area contributed by atoms with Crippen molar-refractivity contribution in [3.63, 3.8) is 0 Å². The summed E-state index contributed by atoms with van der Waals surface area (Å²) < 4.78 is 44.9. The van der Waals surface area contributed by atoms with Gasteiger partial charge in [0.2, 0.25) is 10.0 Å². The first-order valence-corrected chi connectivity index (χ1v) is 16.1. The Kier molecular flexibility index (Phi) is 11.3. The van der Waals surface area contributed by atoms with Gasteiger partial charge in [-0.05, 0) is 42.8 Å². The molecule has 0 bridgehead atoms. The molecule has 228 valence electrons. The molecule has 1 fully saturated rings. The number of rotatable bonds is 14. The maximum Gasteiger partial charge on any atom is 0.260 e. The quantitative estimate of drug-likeness (QED) is 0.260. The highest BCUT2D eigenvalue weighted by Gasteiger charge is 2.27. The Labute approximate surface area is 255 Å². The van der Waals surface area contributed by atoms with E-state index in [2.05, 4.69) is 4.90 Å². The van der Waals surface area contributed by atoms with Crippen LogP contribution in [0.1, 0.15) is 29.6 Å². The van der Waals surface area contributed by atoms with Crippen LogP contribution in [0.25, 0.3) is 10.2 Å². The summed E-state index contributed by atoms with van der Waals surface area (Å²) in [5, 5.41) is 18.4. The molecular formula is C29H34N6O6S2. The topological polar surface area (TPSA) is 149 Å². The number of fused-ring (bicyclic) bond motifs is 1. The molecule has 0 unspecified atom stereocenters. The molecule has 0 spiro atoms. The Morgan fingerprint density at radius 1 is 1.00 bits per heavy atom. The lowest BCUT2D eigenvalue weighted by atomic mass is 10.2. The van der Waals surface area contributed by atoms with Crippen LogP contribution < -0.4 is 14.4 Å². The average molecular weight is 627 g/mol. The van der Waals surface area contributed by atoms with Crippen LogP contribution in [0.4, 0.5) is 5.13 Å². The molecule has 1 aliphatic heterocycles. The van der Waals surface area contributed by atoms with Gasteiger partial charge >= 0.3 is 0 Å².